The van der Waals surface area contributed by atoms with Crippen molar-refractivity contribution in [2.45, 2.75) is 122 Å². The molecule has 1 rings (SSSR count). The fourth-order valence-corrected chi connectivity index (χ4v) is 3.64. The van der Waals surface area contributed by atoms with Gasteiger partial charge in [-0.25, -0.2) is 4.79 Å². The van der Waals surface area contributed by atoms with Crippen molar-refractivity contribution in [1.29, 1.82) is 0 Å². The van der Waals surface area contributed by atoms with E-state index in [1.165, 1.54) is 77.0 Å². The lowest BCUT2D eigenvalue weighted by molar-refractivity contribution is 0.0801. The lowest BCUT2D eigenvalue weighted by atomic mass is 10.0. The normalized spacial score (nSPS) is 17.9. The summed E-state index contributed by atoms with van der Waals surface area (Å²) >= 11 is 0. The van der Waals surface area contributed by atoms with Crippen LogP contribution >= 0.6 is 0 Å². The minimum Gasteiger partial charge on any atom is -0.444 e. The Balaban J connectivity index is 2.12. The molecule has 2 atom stereocenters. The summed E-state index contributed by atoms with van der Waals surface area (Å²) in [6.07, 6.45) is 22.4. The van der Waals surface area contributed by atoms with Crippen molar-refractivity contribution in [3.8, 4) is 0 Å². The van der Waals surface area contributed by atoms with E-state index in [1.54, 1.807) is 0 Å². The summed E-state index contributed by atoms with van der Waals surface area (Å²) < 4.78 is 10.7. The first-order valence-electron chi connectivity index (χ1n) is 12.0. The predicted octanol–water partition coefficient (Wildman–Crippen LogP) is 6.93. The summed E-state index contributed by atoms with van der Waals surface area (Å²) in [4.78, 5) is 12.1. The van der Waals surface area contributed by atoms with E-state index in [0.29, 0.717) is 13.2 Å². The summed E-state index contributed by atoms with van der Waals surface area (Å²) in [5.74, 6) is 0. The maximum Gasteiger partial charge on any atom is 0.407 e. The molecule has 1 heterocycles. The van der Waals surface area contributed by atoms with Crippen LogP contribution in [-0.4, -0.2) is 31.5 Å². The van der Waals surface area contributed by atoms with Gasteiger partial charge in [0, 0.05) is 12.5 Å². The number of alkyl carbamates (subject to hydrolysis) is 1. The Morgan fingerprint density at radius 3 is 2.18 bits per heavy atom. The van der Waals surface area contributed by atoms with Gasteiger partial charge in [0.2, 0.25) is 0 Å². The van der Waals surface area contributed by atoms with E-state index in [0.717, 1.165) is 19.3 Å². The van der Waals surface area contributed by atoms with E-state index in [1.807, 2.05) is 0 Å². The number of hydrogen-bond acceptors (Lipinski definition) is 3. The van der Waals surface area contributed by atoms with Crippen LogP contribution in [0.15, 0.2) is 12.2 Å². The molecule has 1 saturated heterocycles. The van der Waals surface area contributed by atoms with Gasteiger partial charge in [-0.2, -0.15) is 0 Å². The zero-order valence-corrected chi connectivity index (χ0v) is 18.6. The lowest BCUT2D eigenvalue weighted by Crippen LogP contribution is -2.37. The maximum absolute atomic E-state index is 12.1. The highest BCUT2D eigenvalue weighted by Gasteiger charge is 2.21. The number of hydrogen-bond donors (Lipinski definition) is 1. The van der Waals surface area contributed by atoms with Gasteiger partial charge in [-0.3, -0.25) is 0 Å². The van der Waals surface area contributed by atoms with E-state index >= 15 is 0 Å². The third kappa shape index (κ3) is 14.0. The largest absolute Gasteiger partial charge is 0.444 e. The van der Waals surface area contributed by atoms with Crippen LogP contribution in [0.1, 0.15) is 110 Å². The molecule has 1 fully saturated rings. The standard InChI is InChI=1S/C24H45NO3/c1-3-5-7-8-9-10-11-12-13-14-16-18-22(17-15-6-4-2)25-24(26)28-23-19-20-27-21-23/h10-11,22-23H,3-9,12-21H2,1-2H3,(H,25,26). The van der Waals surface area contributed by atoms with Gasteiger partial charge in [-0.05, 0) is 38.5 Å². The van der Waals surface area contributed by atoms with Crippen LogP contribution in [0.3, 0.4) is 0 Å². The molecule has 0 radical (unpaired) electrons. The van der Waals surface area contributed by atoms with Crippen LogP contribution in [0.5, 0.6) is 0 Å². The molecule has 0 aromatic heterocycles. The molecule has 0 bridgehead atoms. The van der Waals surface area contributed by atoms with Crippen molar-refractivity contribution in [3.05, 3.63) is 12.2 Å². The first-order chi connectivity index (χ1) is 13.8. The number of rotatable bonds is 17. The van der Waals surface area contributed by atoms with Crippen molar-refractivity contribution in [2.75, 3.05) is 13.2 Å². The molecule has 0 spiro atoms. The number of amides is 1. The summed E-state index contributed by atoms with van der Waals surface area (Å²) in [6.45, 7) is 5.71. The Labute approximate surface area is 173 Å². The van der Waals surface area contributed by atoms with Gasteiger partial charge in [0.05, 0.1) is 13.2 Å². The van der Waals surface area contributed by atoms with Crippen LogP contribution in [-0.2, 0) is 9.47 Å². The molecule has 164 valence electrons. The maximum atomic E-state index is 12.1. The van der Waals surface area contributed by atoms with Crippen LogP contribution in [0.2, 0.25) is 0 Å². The first-order valence-corrected chi connectivity index (χ1v) is 12.0. The van der Waals surface area contributed by atoms with Gasteiger partial charge in [-0.15, -0.1) is 0 Å². The van der Waals surface area contributed by atoms with E-state index < -0.39 is 0 Å². The third-order valence-corrected chi connectivity index (χ3v) is 5.45. The second kappa shape index (κ2) is 18.0. The van der Waals surface area contributed by atoms with Crippen molar-refractivity contribution in [3.63, 3.8) is 0 Å². The summed E-state index contributed by atoms with van der Waals surface area (Å²) in [7, 11) is 0. The molecular weight excluding hydrogens is 350 g/mol. The van der Waals surface area contributed by atoms with Gasteiger partial charge in [0.1, 0.15) is 6.10 Å². The van der Waals surface area contributed by atoms with Gasteiger partial charge in [0.15, 0.2) is 0 Å². The Morgan fingerprint density at radius 2 is 1.57 bits per heavy atom. The molecule has 4 heteroatoms. The Hall–Kier alpha value is -1.03. The zero-order valence-electron chi connectivity index (χ0n) is 18.6. The Kier molecular flexibility index (Phi) is 16.1. The molecule has 1 N–H and O–H groups in total. The van der Waals surface area contributed by atoms with Crippen molar-refractivity contribution >= 4 is 6.09 Å². The molecule has 0 saturated carbocycles. The number of ether oxygens (including phenoxy) is 2. The summed E-state index contributed by atoms with van der Waals surface area (Å²) in [5, 5.41) is 3.11. The topological polar surface area (TPSA) is 47.6 Å². The molecule has 1 amide bonds. The van der Waals surface area contributed by atoms with Gasteiger partial charge in [-0.1, -0.05) is 77.4 Å². The van der Waals surface area contributed by atoms with Crippen LogP contribution in [0, 0.1) is 0 Å². The lowest BCUT2D eigenvalue weighted by Gasteiger charge is -2.20. The van der Waals surface area contributed by atoms with E-state index in [4.69, 9.17) is 9.47 Å². The number of carbonyl (C=O) groups excluding carboxylic acids is 1. The molecule has 28 heavy (non-hydrogen) atoms. The Morgan fingerprint density at radius 1 is 0.964 bits per heavy atom. The quantitative estimate of drug-likeness (QED) is 0.215. The van der Waals surface area contributed by atoms with Gasteiger partial charge in [0.25, 0.3) is 0 Å². The van der Waals surface area contributed by atoms with E-state index in [-0.39, 0.29) is 18.2 Å². The summed E-state index contributed by atoms with van der Waals surface area (Å²) in [5.41, 5.74) is 0. The minimum atomic E-state index is -0.261. The molecule has 1 aliphatic heterocycles. The highest BCUT2D eigenvalue weighted by Crippen LogP contribution is 2.14. The predicted molar refractivity (Wildman–Crippen MR) is 118 cm³/mol. The third-order valence-electron chi connectivity index (χ3n) is 5.45. The molecule has 1 aliphatic rings. The van der Waals surface area contributed by atoms with Gasteiger partial charge < -0.3 is 14.8 Å². The molecular formula is C24H45NO3. The average molecular weight is 396 g/mol. The molecule has 0 aliphatic carbocycles. The second-order valence-corrected chi connectivity index (χ2v) is 8.19. The SMILES string of the molecule is CCCCCCC=CCCCCCC(CCCCC)NC(=O)OC1CCOC1. The van der Waals surface area contributed by atoms with Crippen LogP contribution in [0.4, 0.5) is 4.79 Å². The fraction of sp³-hybridized carbons (Fsp3) is 0.875. The number of carbonyl (C=O) groups is 1. The molecule has 0 aromatic carbocycles. The highest BCUT2D eigenvalue weighted by molar-refractivity contribution is 5.67. The van der Waals surface area contributed by atoms with Crippen molar-refractivity contribution < 1.29 is 14.3 Å². The number of allylic oxidation sites excluding steroid dienone is 2. The molecule has 2 unspecified atom stereocenters. The minimum absolute atomic E-state index is 0.0648. The molecule has 4 nitrogen and oxygen atoms in total. The van der Waals surface area contributed by atoms with Gasteiger partial charge >= 0.3 is 6.09 Å². The van der Waals surface area contributed by atoms with Crippen LogP contribution < -0.4 is 5.32 Å². The summed E-state index contributed by atoms with van der Waals surface area (Å²) in [6, 6.07) is 0.246. The highest BCUT2D eigenvalue weighted by atomic mass is 16.6. The van der Waals surface area contributed by atoms with E-state index in [2.05, 4.69) is 31.3 Å². The number of unbranched alkanes of at least 4 members (excludes halogenated alkanes) is 9. The Bertz CT molecular complexity index is 391. The monoisotopic (exact) mass is 395 g/mol. The van der Waals surface area contributed by atoms with E-state index in [9.17, 15) is 4.79 Å². The average Bonchev–Trinajstić information content (AvgIpc) is 3.19. The smallest absolute Gasteiger partial charge is 0.407 e. The zero-order chi connectivity index (χ0) is 20.3. The second-order valence-electron chi connectivity index (χ2n) is 8.19. The van der Waals surface area contributed by atoms with Crippen molar-refractivity contribution in [1.82, 2.24) is 5.32 Å². The number of nitrogens with one attached hydrogen (secondary N) is 1. The first kappa shape index (κ1) is 25.0. The van der Waals surface area contributed by atoms with Crippen LogP contribution in [0.25, 0.3) is 0 Å². The molecule has 0 aromatic rings. The van der Waals surface area contributed by atoms with Crippen molar-refractivity contribution in [2.24, 2.45) is 0 Å². The fourth-order valence-electron chi connectivity index (χ4n) is 3.64.